The van der Waals surface area contributed by atoms with E-state index >= 15 is 0 Å². The molecule has 2 atom stereocenters. The van der Waals surface area contributed by atoms with Gasteiger partial charge in [0.25, 0.3) is 0 Å². The summed E-state index contributed by atoms with van der Waals surface area (Å²) in [7, 11) is 0. The molecule has 0 aliphatic carbocycles. The standard InChI is InChI=1S/C16H26N2O/c1-3-18-11-7-9-15(18)13-17-12-14-8-5-6-10-16(14)19-4-2/h5-6,8,10,15,17H,3-4,7,9,11-13H2,1-2H3/p+2/t15-/m1/s1. The fourth-order valence-electron chi connectivity index (χ4n) is 3.14. The average molecular weight is 264 g/mol. The number of likely N-dealkylation sites (tertiary alicyclic amines) is 1. The number of hydrogen-bond donors (Lipinski definition) is 2. The van der Waals surface area contributed by atoms with Crippen LogP contribution in [0.2, 0.25) is 0 Å². The van der Waals surface area contributed by atoms with Gasteiger partial charge < -0.3 is 15.0 Å². The van der Waals surface area contributed by atoms with Crippen LogP contribution < -0.4 is 15.0 Å². The monoisotopic (exact) mass is 264 g/mol. The predicted octanol–water partition coefficient (Wildman–Crippen LogP) is 0.216. The first-order valence-electron chi connectivity index (χ1n) is 7.72. The van der Waals surface area contributed by atoms with Crippen molar-refractivity contribution in [2.75, 3.05) is 26.2 Å². The summed E-state index contributed by atoms with van der Waals surface area (Å²) >= 11 is 0. The largest absolute Gasteiger partial charge is 0.493 e. The van der Waals surface area contributed by atoms with Crippen molar-refractivity contribution in [3.8, 4) is 5.75 Å². The average Bonchev–Trinajstić information content (AvgIpc) is 2.88. The van der Waals surface area contributed by atoms with Gasteiger partial charge in [0.2, 0.25) is 0 Å². The SMILES string of the molecule is CCOc1ccccc1C[NH2+]C[C@H]1CCC[NH+]1CC. The van der Waals surface area contributed by atoms with E-state index in [4.69, 9.17) is 4.74 Å². The first kappa shape index (κ1) is 14.4. The minimum atomic E-state index is 0.743. The van der Waals surface area contributed by atoms with Crippen LogP contribution in [0.15, 0.2) is 24.3 Å². The fraction of sp³-hybridized carbons (Fsp3) is 0.625. The third-order valence-corrected chi connectivity index (χ3v) is 4.17. The second kappa shape index (κ2) is 7.51. The normalized spacial score (nSPS) is 22.6. The highest BCUT2D eigenvalue weighted by atomic mass is 16.5. The summed E-state index contributed by atoms with van der Waals surface area (Å²) in [4.78, 5) is 1.79. The molecule has 0 bridgehead atoms. The number of likely N-dealkylation sites (N-methyl/N-ethyl adjacent to an activating group) is 1. The first-order valence-corrected chi connectivity index (χ1v) is 7.72. The number of benzene rings is 1. The van der Waals surface area contributed by atoms with Gasteiger partial charge >= 0.3 is 0 Å². The molecule has 3 heteroatoms. The van der Waals surface area contributed by atoms with Crippen molar-refractivity contribution in [1.82, 2.24) is 0 Å². The van der Waals surface area contributed by atoms with E-state index in [2.05, 4.69) is 36.5 Å². The lowest BCUT2D eigenvalue weighted by atomic mass is 10.2. The maximum Gasteiger partial charge on any atom is 0.137 e. The Hall–Kier alpha value is -1.06. The summed E-state index contributed by atoms with van der Waals surface area (Å²) in [6.45, 7) is 10.00. The third-order valence-electron chi connectivity index (χ3n) is 4.17. The summed E-state index contributed by atoms with van der Waals surface area (Å²) in [5.41, 5.74) is 1.32. The Kier molecular flexibility index (Phi) is 5.67. The predicted molar refractivity (Wildman–Crippen MR) is 77.5 cm³/mol. The zero-order valence-electron chi connectivity index (χ0n) is 12.3. The van der Waals surface area contributed by atoms with Crippen molar-refractivity contribution in [1.29, 1.82) is 0 Å². The van der Waals surface area contributed by atoms with Gasteiger partial charge in [-0.25, -0.2) is 0 Å². The second-order valence-electron chi connectivity index (χ2n) is 5.37. The van der Waals surface area contributed by atoms with Gasteiger partial charge in [-0.05, 0) is 26.0 Å². The van der Waals surface area contributed by atoms with Gasteiger partial charge in [0.05, 0.1) is 19.7 Å². The molecule has 1 saturated heterocycles. The number of ether oxygens (including phenoxy) is 1. The molecule has 0 amide bonds. The van der Waals surface area contributed by atoms with Crippen LogP contribution in [0.1, 0.15) is 32.3 Å². The quantitative estimate of drug-likeness (QED) is 0.725. The molecule has 1 aromatic carbocycles. The second-order valence-corrected chi connectivity index (χ2v) is 5.37. The van der Waals surface area contributed by atoms with Crippen LogP contribution in [-0.4, -0.2) is 32.3 Å². The zero-order valence-corrected chi connectivity index (χ0v) is 12.3. The molecule has 0 radical (unpaired) electrons. The first-order chi connectivity index (χ1) is 9.35. The highest BCUT2D eigenvalue weighted by Crippen LogP contribution is 2.16. The van der Waals surface area contributed by atoms with E-state index in [-0.39, 0.29) is 0 Å². The molecular formula is C16H28N2O+2. The Balaban J connectivity index is 1.82. The number of hydrogen-bond acceptors (Lipinski definition) is 1. The zero-order chi connectivity index (χ0) is 13.5. The maximum absolute atomic E-state index is 5.68. The number of nitrogens with one attached hydrogen (secondary N) is 1. The van der Waals surface area contributed by atoms with E-state index in [1.165, 1.54) is 38.0 Å². The Labute approximate surface area is 116 Å². The molecule has 1 unspecified atom stereocenters. The Bertz CT molecular complexity index is 381. The molecule has 3 nitrogen and oxygen atoms in total. The van der Waals surface area contributed by atoms with Gasteiger partial charge in [-0.15, -0.1) is 0 Å². The van der Waals surface area contributed by atoms with Crippen LogP contribution in [0, 0.1) is 0 Å². The third kappa shape index (κ3) is 3.95. The number of rotatable bonds is 7. The molecule has 0 saturated carbocycles. The van der Waals surface area contributed by atoms with Gasteiger partial charge in [0, 0.05) is 18.4 Å². The summed E-state index contributed by atoms with van der Waals surface area (Å²) in [5.74, 6) is 1.05. The molecule has 3 N–H and O–H groups in total. The highest BCUT2D eigenvalue weighted by molar-refractivity contribution is 5.32. The Morgan fingerprint density at radius 2 is 2.16 bits per heavy atom. The molecule has 1 heterocycles. The fourth-order valence-corrected chi connectivity index (χ4v) is 3.14. The van der Waals surface area contributed by atoms with Crippen molar-refractivity contribution in [3.63, 3.8) is 0 Å². The lowest BCUT2D eigenvalue weighted by molar-refractivity contribution is -0.925. The summed E-state index contributed by atoms with van der Waals surface area (Å²) in [6, 6.07) is 9.26. The Morgan fingerprint density at radius 3 is 2.95 bits per heavy atom. The highest BCUT2D eigenvalue weighted by Gasteiger charge is 2.28. The Morgan fingerprint density at radius 1 is 1.32 bits per heavy atom. The lowest BCUT2D eigenvalue weighted by Crippen LogP contribution is -3.16. The number of para-hydroxylation sites is 1. The minimum absolute atomic E-state index is 0.743. The van der Waals surface area contributed by atoms with Crippen LogP contribution in [0.4, 0.5) is 0 Å². The molecule has 2 rings (SSSR count). The smallest absolute Gasteiger partial charge is 0.137 e. The number of nitrogens with two attached hydrogens (primary N) is 1. The van der Waals surface area contributed by atoms with E-state index < -0.39 is 0 Å². The summed E-state index contributed by atoms with van der Waals surface area (Å²) < 4.78 is 5.68. The molecular weight excluding hydrogens is 236 g/mol. The van der Waals surface area contributed by atoms with Gasteiger partial charge in [0.1, 0.15) is 24.9 Å². The molecule has 0 aromatic heterocycles. The molecule has 1 fully saturated rings. The molecule has 1 aliphatic rings. The molecule has 19 heavy (non-hydrogen) atoms. The molecule has 1 aliphatic heterocycles. The van der Waals surface area contributed by atoms with Crippen LogP contribution in [0.25, 0.3) is 0 Å². The van der Waals surface area contributed by atoms with Crippen molar-refractivity contribution in [2.24, 2.45) is 0 Å². The van der Waals surface area contributed by atoms with Crippen LogP contribution >= 0.6 is 0 Å². The van der Waals surface area contributed by atoms with Gasteiger partial charge in [-0.3, -0.25) is 0 Å². The van der Waals surface area contributed by atoms with E-state index in [0.717, 1.165) is 24.9 Å². The van der Waals surface area contributed by atoms with Crippen LogP contribution in [0.3, 0.4) is 0 Å². The van der Waals surface area contributed by atoms with Crippen LogP contribution in [0.5, 0.6) is 5.75 Å². The maximum atomic E-state index is 5.68. The lowest BCUT2D eigenvalue weighted by Gasteiger charge is -2.18. The van der Waals surface area contributed by atoms with E-state index in [9.17, 15) is 0 Å². The van der Waals surface area contributed by atoms with E-state index in [1.54, 1.807) is 4.90 Å². The van der Waals surface area contributed by atoms with E-state index in [1.807, 2.05) is 6.92 Å². The van der Waals surface area contributed by atoms with Crippen molar-refractivity contribution in [2.45, 2.75) is 39.3 Å². The summed E-state index contributed by atoms with van der Waals surface area (Å²) in [5, 5.41) is 2.45. The molecule has 1 aromatic rings. The topological polar surface area (TPSA) is 30.3 Å². The van der Waals surface area contributed by atoms with Gasteiger partial charge in [-0.2, -0.15) is 0 Å². The van der Waals surface area contributed by atoms with Gasteiger partial charge in [0.15, 0.2) is 0 Å². The van der Waals surface area contributed by atoms with Crippen molar-refractivity contribution in [3.05, 3.63) is 29.8 Å². The minimum Gasteiger partial charge on any atom is -0.493 e. The van der Waals surface area contributed by atoms with Crippen molar-refractivity contribution >= 4 is 0 Å². The summed E-state index contributed by atoms with van der Waals surface area (Å²) in [6.07, 6.45) is 2.80. The number of quaternary nitrogens is 2. The van der Waals surface area contributed by atoms with Gasteiger partial charge in [-0.1, -0.05) is 12.1 Å². The molecule has 0 spiro atoms. The van der Waals surface area contributed by atoms with Crippen molar-refractivity contribution < 1.29 is 15.0 Å². The van der Waals surface area contributed by atoms with E-state index in [0.29, 0.717) is 0 Å². The molecule has 106 valence electrons. The van der Waals surface area contributed by atoms with Crippen LogP contribution in [-0.2, 0) is 6.54 Å².